The zero-order chi connectivity index (χ0) is 23.6. The zero-order valence-corrected chi connectivity index (χ0v) is 19.2. The standard InChI is InChI=1S/C28H24N4O2/c1-17-10-9-13-19(16-17)24-22-25(30(2)28(34)31(3)27(22)33)26-23(18-11-5-4-6-12-18)29-20-14-7-8-15-21(20)32(24)26/h4-16,23,29H,1-3H3/t23-/m1/s1. The van der Waals surface area contributed by atoms with Crippen LogP contribution in [0.2, 0.25) is 0 Å². The second-order valence-electron chi connectivity index (χ2n) is 8.87. The maximum absolute atomic E-state index is 13.7. The number of hydrogen-bond donors (Lipinski definition) is 1. The first-order valence-electron chi connectivity index (χ1n) is 11.3. The molecule has 0 amide bonds. The van der Waals surface area contributed by atoms with E-state index in [1.54, 1.807) is 18.7 Å². The van der Waals surface area contributed by atoms with E-state index in [2.05, 4.69) is 34.1 Å². The van der Waals surface area contributed by atoms with Crippen LogP contribution < -0.4 is 16.6 Å². The molecule has 0 aliphatic carbocycles. The van der Waals surface area contributed by atoms with Gasteiger partial charge >= 0.3 is 5.69 Å². The Hall–Kier alpha value is -4.32. The molecule has 1 aliphatic heterocycles. The molecule has 0 radical (unpaired) electrons. The maximum atomic E-state index is 13.7. The van der Waals surface area contributed by atoms with E-state index in [0.29, 0.717) is 10.9 Å². The van der Waals surface area contributed by atoms with E-state index < -0.39 is 0 Å². The predicted octanol–water partition coefficient (Wildman–Crippen LogP) is 4.52. The van der Waals surface area contributed by atoms with E-state index in [0.717, 1.165) is 39.5 Å². The van der Waals surface area contributed by atoms with Crippen molar-refractivity contribution in [2.45, 2.75) is 13.0 Å². The zero-order valence-electron chi connectivity index (χ0n) is 19.2. The predicted molar refractivity (Wildman–Crippen MR) is 136 cm³/mol. The fourth-order valence-corrected chi connectivity index (χ4v) is 5.18. The maximum Gasteiger partial charge on any atom is 0.331 e. The molecule has 1 N–H and O–H groups in total. The van der Waals surface area contributed by atoms with Crippen molar-refractivity contribution in [2.24, 2.45) is 14.1 Å². The van der Waals surface area contributed by atoms with Crippen LogP contribution in [0.5, 0.6) is 0 Å². The minimum Gasteiger partial charge on any atom is -0.371 e. The fourth-order valence-electron chi connectivity index (χ4n) is 5.18. The van der Waals surface area contributed by atoms with Crippen LogP contribution >= 0.6 is 0 Å². The summed E-state index contributed by atoms with van der Waals surface area (Å²) in [6.45, 7) is 2.04. The Morgan fingerprint density at radius 2 is 1.56 bits per heavy atom. The van der Waals surface area contributed by atoms with Gasteiger partial charge in [-0.05, 0) is 36.2 Å². The number of hydrogen-bond acceptors (Lipinski definition) is 3. The third-order valence-electron chi connectivity index (χ3n) is 6.75. The van der Waals surface area contributed by atoms with Gasteiger partial charge in [-0.15, -0.1) is 0 Å². The van der Waals surface area contributed by atoms with Crippen molar-refractivity contribution < 1.29 is 0 Å². The van der Waals surface area contributed by atoms with E-state index in [9.17, 15) is 9.59 Å². The molecule has 1 aliphatic rings. The van der Waals surface area contributed by atoms with Gasteiger partial charge in [-0.2, -0.15) is 0 Å². The molecule has 0 fully saturated rings. The molecule has 6 rings (SSSR count). The van der Waals surface area contributed by atoms with Gasteiger partial charge in [-0.25, -0.2) is 4.79 Å². The molecule has 5 aromatic rings. The van der Waals surface area contributed by atoms with Crippen molar-refractivity contribution >= 4 is 16.6 Å². The van der Waals surface area contributed by atoms with Gasteiger partial charge < -0.3 is 9.88 Å². The van der Waals surface area contributed by atoms with E-state index in [1.165, 1.54) is 4.57 Å². The van der Waals surface area contributed by atoms with Crippen LogP contribution in [0.15, 0.2) is 88.5 Å². The summed E-state index contributed by atoms with van der Waals surface area (Å²) in [5.74, 6) is 0. The molecule has 168 valence electrons. The third-order valence-corrected chi connectivity index (χ3v) is 6.75. The number of nitrogens with zero attached hydrogens (tertiary/aromatic N) is 3. The van der Waals surface area contributed by atoms with Gasteiger partial charge in [0, 0.05) is 14.1 Å². The molecule has 1 atom stereocenters. The summed E-state index contributed by atoms with van der Waals surface area (Å²) >= 11 is 0. The van der Waals surface area contributed by atoms with Gasteiger partial charge in [0.25, 0.3) is 5.56 Å². The van der Waals surface area contributed by atoms with Gasteiger partial charge in [0.15, 0.2) is 0 Å². The first-order valence-corrected chi connectivity index (χ1v) is 11.3. The highest BCUT2D eigenvalue weighted by atomic mass is 16.2. The van der Waals surface area contributed by atoms with Crippen molar-refractivity contribution in [3.63, 3.8) is 0 Å². The Labute approximate surface area is 196 Å². The summed E-state index contributed by atoms with van der Waals surface area (Å²) in [6.07, 6.45) is 0. The van der Waals surface area contributed by atoms with E-state index >= 15 is 0 Å². The molecule has 0 spiro atoms. The Bertz CT molecular complexity index is 1710. The van der Waals surface area contributed by atoms with Gasteiger partial charge in [0.2, 0.25) is 0 Å². The lowest BCUT2D eigenvalue weighted by molar-refractivity contribution is 0.708. The minimum atomic E-state index is -0.340. The van der Waals surface area contributed by atoms with Gasteiger partial charge in [0.05, 0.1) is 39.7 Å². The smallest absolute Gasteiger partial charge is 0.331 e. The van der Waals surface area contributed by atoms with Crippen LogP contribution in [-0.4, -0.2) is 13.7 Å². The van der Waals surface area contributed by atoms with Gasteiger partial charge in [-0.1, -0.05) is 66.2 Å². The second-order valence-corrected chi connectivity index (χ2v) is 8.87. The monoisotopic (exact) mass is 448 g/mol. The lowest BCUT2D eigenvalue weighted by Gasteiger charge is -2.31. The molecule has 3 aromatic carbocycles. The topological polar surface area (TPSA) is 61.0 Å². The van der Waals surface area contributed by atoms with Crippen LogP contribution in [0.4, 0.5) is 5.69 Å². The van der Waals surface area contributed by atoms with Crippen LogP contribution in [0, 0.1) is 6.92 Å². The largest absolute Gasteiger partial charge is 0.371 e. The highest BCUT2D eigenvalue weighted by Gasteiger charge is 2.34. The minimum absolute atomic E-state index is 0.241. The molecular weight excluding hydrogens is 424 g/mol. The second kappa shape index (κ2) is 7.35. The summed E-state index contributed by atoms with van der Waals surface area (Å²) in [5.41, 5.74) is 6.73. The van der Waals surface area contributed by atoms with E-state index in [4.69, 9.17) is 0 Å². The number of anilines is 1. The molecule has 6 nitrogen and oxygen atoms in total. The number of para-hydroxylation sites is 2. The number of benzene rings is 3. The molecule has 0 bridgehead atoms. The van der Waals surface area contributed by atoms with E-state index in [-0.39, 0.29) is 17.3 Å². The number of fused-ring (bicyclic) bond motifs is 5. The number of aromatic nitrogens is 3. The normalized spacial score (nSPS) is 14.5. The van der Waals surface area contributed by atoms with Crippen LogP contribution in [0.1, 0.15) is 22.9 Å². The number of aryl methyl sites for hydroxylation is 2. The molecule has 2 aromatic heterocycles. The molecule has 3 heterocycles. The Kier molecular flexibility index (Phi) is 4.39. The van der Waals surface area contributed by atoms with Crippen LogP contribution in [-0.2, 0) is 14.1 Å². The number of nitrogens with one attached hydrogen (secondary N) is 1. The molecule has 0 unspecified atom stereocenters. The van der Waals surface area contributed by atoms with E-state index in [1.807, 2.05) is 61.5 Å². The Morgan fingerprint density at radius 3 is 2.32 bits per heavy atom. The molecule has 34 heavy (non-hydrogen) atoms. The highest BCUT2D eigenvalue weighted by molar-refractivity contribution is 5.99. The molecule has 0 saturated carbocycles. The SMILES string of the molecule is Cc1cccc(-c2c3c(=O)n(C)c(=O)n(C)c3c3n2-c2ccccc2N[C@@H]3c2ccccc2)c1. The third kappa shape index (κ3) is 2.75. The molecule has 6 heteroatoms. The van der Waals surface area contributed by atoms with Crippen molar-refractivity contribution in [1.29, 1.82) is 0 Å². The van der Waals surface area contributed by atoms with Crippen molar-refractivity contribution in [3.8, 4) is 16.9 Å². The highest BCUT2D eigenvalue weighted by Crippen LogP contribution is 2.45. The first kappa shape index (κ1) is 20.3. The van der Waals surface area contributed by atoms with Crippen LogP contribution in [0.3, 0.4) is 0 Å². The average Bonchev–Trinajstić information content (AvgIpc) is 3.23. The fraction of sp³-hybridized carbons (Fsp3) is 0.143. The average molecular weight is 449 g/mol. The summed E-state index contributed by atoms with van der Waals surface area (Å²) in [6, 6.07) is 26.2. The quantitative estimate of drug-likeness (QED) is 0.432. The number of rotatable bonds is 2. The van der Waals surface area contributed by atoms with Gasteiger partial charge in [0.1, 0.15) is 0 Å². The summed E-state index contributed by atoms with van der Waals surface area (Å²) < 4.78 is 4.97. The Balaban J connectivity index is 1.89. The summed E-state index contributed by atoms with van der Waals surface area (Å²) in [7, 11) is 3.29. The lowest BCUT2D eigenvalue weighted by atomic mass is 9.99. The van der Waals surface area contributed by atoms with Crippen molar-refractivity contribution in [2.75, 3.05) is 5.32 Å². The lowest BCUT2D eigenvalue weighted by Crippen LogP contribution is -2.37. The Morgan fingerprint density at radius 1 is 0.824 bits per heavy atom. The van der Waals surface area contributed by atoms with Crippen molar-refractivity contribution in [1.82, 2.24) is 13.7 Å². The molecule has 0 saturated heterocycles. The summed E-state index contributed by atoms with van der Waals surface area (Å²) in [5, 5.41) is 4.22. The molecular formula is C28H24N4O2. The van der Waals surface area contributed by atoms with Crippen LogP contribution in [0.25, 0.3) is 27.8 Å². The first-order chi connectivity index (χ1) is 16.5. The van der Waals surface area contributed by atoms with Gasteiger partial charge in [-0.3, -0.25) is 13.9 Å². The summed E-state index contributed by atoms with van der Waals surface area (Å²) in [4.78, 5) is 26.7. The van der Waals surface area contributed by atoms with Crippen molar-refractivity contribution in [3.05, 3.63) is 117 Å².